The van der Waals surface area contributed by atoms with Crippen LogP contribution < -0.4 is 9.47 Å². The van der Waals surface area contributed by atoms with Crippen molar-refractivity contribution >= 4 is 6.08 Å². The Bertz CT molecular complexity index is 514. The number of benzene rings is 1. The molecule has 102 valence electrons. The van der Waals surface area contributed by atoms with Gasteiger partial charge in [0.2, 0.25) is 6.08 Å². The van der Waals surface area contributed by atoms with Crippen LogP contribution in [-0.4, -0.2) is 20.3 Å². The smallest absolute Gasteiger partial charge is 0.235 e. The van der Waals surface area contributed by atoms with Gasteiger partial charge in [-0.1, -0.05) is 6.92 Å². The Kier molecular flexibility index (Phi) is 3.91. The zero-order valence-electron chi connectivity index (χ0n) is 11.7. The summed E-state index contributed by atoms with van der Waals surface area (Å²) < 4.78 is 10.8. The lowest BCUT2D eigenvalue weighted by Gasteiger charge is -2.39. The molecule has 0 saturated heterocycles. The van der Waals surface area contributed by atoms with Gasteiger partial charge in [-0.3, -0.25) is 0 Å². The first-order valence-corrected chi connectivity index (χ1v) is 6.55. The molecular formula is C15H19NO3. The quantitative estimate of drug-likeness (QED) is 0.604. The van der Waals surface area contributed by atoms with Crippen LogP contribution in [-0.2, 0) is 16.8 Å². The number of methoxy groups -OCH3 is 2. The molecule has 0 atom stereocenters. The van der Waals surface area contributed by atoms with E-state index in [0.29, 0.717) is 0 Å². The highest BCUT2D eigenvalue weighted by Crippen LogP contribution is 2.48. The van der Waals surface area contributed by atoms with Crippen molar-refractivity contribution in [3.05, 3.63) is 23.3 Å². The van der Waals surface area contributed by atoms with Crippen molar-refractivity contribution in [3.8, 4) is 11.5 Å². The summed E-state index contributed by atoms with van der Waals surface area (Å²) >= 11 is 0. The van der Waals surface area contributed by atoms with Gasteiger partial charge in [-0.2, -0.15) is 4.99 Å². The lowest BCUT2D eigenvalue weighted by atomic mass is 9.70. The lowest BCUT2D eigenvalue weighted by Crippen LogP contribution is -2.33. The molecule has 0 bridgehead atoms. The zero-order valence-corrected chi connectivity index (χ0v) is 11.7. The molecule has 1 aromatic carbocycles. The normalized spacial score (nSPS) is 16.2. The molecule has 0 amide bonds. The molecule has 2 rings (SSSR count). The first kappa shape index (κ1) is 13.6. The molecule has 0 aromatic heterocycles. The Morgan fingerprint density at radius 2 is 2.05 bits per heavy atom. The van der Waals surface area contributed by atoms with E-state index in [4.69, 9.17) is 9.47 Å². The molecule has 4 nitrogen and oxygen atoms in total. The van der Waals surface area contributed by atoms with E-state index in [9.17, 15) is 4.79 Å². The van der Waals surface area contributed by atoms with Crippen molar-refractivity contribution in [1.29, 1.82) is 0 Å². The number of isocyanates is 1. The number of hydrogen-bond donors (Lipinski definition) is 0. The van der Waals surface area contributed by atoms with E-state index in [0.717, 1.165) is 48.3 Å². The largest absolute Gasteiger partial charge is 0.497 e. The third kappa shape index (κ3) is 2.24. The second-order valence-corrected chi connectivity index (χ2v) is 4.80. The monoisotopic (exact) mass is 261 g/mol. The van der Waals surface area contributed by atoms with Gasteiger partial charge in [0.1, 0.15) is 11.5 Å². The second-order valence-electron chi connectivity index (χ2n) is 4.80. The lowest BCUT2D eigenvalue weighted by molar-refractivity contribution is 0.251. The molecule has 0 radical (unpaired) electrons. The first-order valence-electron chi connectivity index (χ1n) is 6.55. The van der Waals surface area contributed by atoms with Crippen LogP contribution in [0.3, 0.4) is 0 Å². The van der Waals surface area contributed by atoms with E-state index in [-0.39, 0.29) is 0 Å². The minimum Gasteiger partial charge on any atom is -0.497 e. The molecule has 1 aliphatic carbocycles. The summed E-state index contributed by atoms with van der Waals surface area (Å²) in [6.07, 6.45) is 5.40. The fourth-order valence-electron chi connectivity index (χ4n) is 2.74. The number of hydrogen-bond acceptors (Lipinski definition) is 4. The van der Waals surface area contributed by atoms with Gasteiger partial charge in [-0.15, -0.1) is 0 Å². The molecule has 1 saturated carbocycles. The van der Waals surface area contributed by atoms with Gasteiger partial charge in [-0.25, -0.2) is 4.79 Å². The van der Waals surface area contributed by atoms with Gasteiger partial charge in [0, 0.05) is 6.07 Å². The Morgan fingerprint density at radius 3 is 2.47 bits per heavy atom. The van der Waals surface area contributed by atoms with Crippen LogP contribution in [0.15, 0.2) is 17.1 Å². The van der Waals surface area contributed by atoms with Gasteiger partial charge in [0.25, 0.3) is 0 Å². The van der Waals surface area contributed by atoms with Gasteiger partial charge < -0.3 is 9.47 Å². The maximum Gasteiger partial charge on any atom is 0.235 e. The van der Waals surface area contributed by atoms with Crippen LogP contribution in [0.5, 0.6) is 11.5 Å². The van der Waals surface area contributed by atoms with Crippen LogP contribution in [0.2, 0.25) is 0 Å². The van der Waals surface area contributed by atoms with Crippen LogP contribution in [0, 0.1) is 0 Å². The van der Waals surface area contributed by atoms with Gasteiger partial charge in [0.15, 0.2) is 0 Å². The van der Waals surface area contributed by atoms with Gasteiger partial charge >= 0.3 is 0 Å². The minimum absolute atomic E-state index is 0.422. The van der Waals surface area contributed by atoms with Crippen LogP contribution in [0.1, 0.15) is 37.3 Å². The fraction of sp³-hybridized carbons (Fsp3) is 0.533. The maximum atomic E-state index is 10.7. The topological polar surface area (TPSA) is 47.9 Å². The molecule has 0 heterocycles. The molecule has 0 N–H and O–H groups in total. The van der Waals surface area contributed by atoms with Crippen molar-refractivity contribution in [2.24, 2.45) is 4.99 Å². The van der Waals surface area contributed by atoms with Crippen LogP contribution in [0.4, 0.5) is 0 Å². The fourth-order valence-corrected chi connectivity index (χ4v) is 2.74. The number of carbonyl (C=O) groups excluding carboxylic acids is 1. The standard InChI is InChI=1S/C15H19NO3/c1-4-12-13(15(16-10-17)6-5-7-15)8-11(18-2)9-14(12)19-3/h8-9H,4-7H2,1-3H3. The highest BCUT2D eigenvalue weighted by molar-refractivity contribution is 5.52. The minimum atomic E-state index is -0.422. The van der Waals surface area contributed by atoms with E-state index in [2.05, 4.69) is 11.9 Å². The van der Waals surface area contributed by atoms with Crippen molar-refractivity contribution < 1.29 is 14.3 Å². The predicted molar refractivity (Wildman–Crippen MR) is 72.6 cm³/mol. The number of rotatable bonds is 5. The average Bonchev–Trinajstić information content (AvgIpc) is 2.41. The third-order valence-electron chi connectivity index (χ3n) is 3.93. The van der Waals surface area contributed by atoms with Crippen LogP contribution >= 0.6 is 0 Å². The Hall–Kier alpha value is -1.80. The summed E-state index contributed by atoms with van der Waals surface area (Å²) in [6, 6.07) is 3.85. The van der Waals surface area contributed by atoms with Crippen LogP contribution in [0.25, 0.3) is 0 Å². The third-order valence-corrected chi connectivity index (χ3v) is 3.93. The summed E-state index contributed by atoms with van der Waals surface area (Å²) in [4.78, 5) is 14.8. The summed E-state index contributed by atoms with van der Waals surface area (Å²) in [6.45, 7) is 2.07. The number of nitrogens with zero attached hydrogens (tertiary/aromatic N) is 1. The number of aliphatic imine (C=N–C) groups is 1. The van der Waals surface area contributed by atoms with Crippen molar-refractivity contribution in [1.82, 2.24) is 0 Å². The summed E-state index contributed by atoms with van der Waals surface area (Å²) in [5.41, 5.74) is 1.72. The SMILES string of the molecule is CCc1c(OC)cc(OC)cc1C1(N=C=O)CCC1. The summed E-state index contributed by atoms with van der Waals surface area (Å²) in [5.74, 6) is 1.53. The van der Waals surface area contributed by atoms with Crippen molar-refractivity contribution in [3.63, 3.8) is 0 Å². The molecule has 4 heteroatoms. The highest BCUT2D eigenvalue weighted by Gasteiger charge is 2.41. The zero-order chi connectivity index (χ0) is 13.9. The van der Waals surface area contributed by atoms with E-state index in [1.165, 1.54) is 0 Å². The Labute approximate surface area is 113 Å². The number of ether oxygens (including phenoxy) is 2. The molecule has 0 unspecified atom stereocenters. The maximum absolute atomic E-state index is 10.7. The van der Waals surface area contributed by atoms with Gasteiger partial charge in [0.05, 0.1) is 19.8 Å². The Balaban J connectivity index is 2.62. The first-order chi connectivity index (χ1) is 9.20. The van der Waals surface area contributed by atoms with E-state index in [1.807, 2.05) is 12.1 Å². The summed E-state index contributed by atoms with van der Waals surface area (Å²) in [7, 11) is 3.27. The van der Waals surface area contributed by atoms with E-state index in [1.54, 1.807) is 20.3 Å². The summed E-state index contributed by atoms with van der Waals surface area (Å²) in [5, 5.41) is 0. The van der Waals surface area contributed by atoms with Crippen molar-refractivity contribution in [2.45, 2.75) is 38.1 Å². The molecular weight excluding hydrogens is 242 g/mol. The highest BCUT2D eigenvalue weighted by atomic mass is 16.5. The molecule has 0 spiro atoms. The second kappa shape index (κ2) is 5.45. The molecule has 1 aliphatic rings. The average molecular weight is 261 g/mol. The van der Waals surface area contributed by atoms with E-state index < -0.39 is 5.54 Å². The van der Waals surface area contributed by atoms with Crippen molar-refractivity contribution in [2.75, 3.05) is 14.2 Å². The molecule has 19 heavy (non-hydrogen) atoms. The molecule has 1 aromatic rings. The Morgan fingerprint density at radius 1 is 1.32 bits per heavy atom. The van der Waals surface area contributed by atoms with Gasteiger partial charge in [-0.05, 0) is 42.9 Å². The molecule has 1 fully saturated rings. The predicted octanol–water partition coefficient (Wildman–Crippen LogP) is 2.98. The van der Waals surface area contributed by atoms with E-state index >= 15 is 0 Å². The molecule has 0 aliphatic heterocycles.